The molecule has 1 heterocycles. The van der Waals surface area contributed by atoms with Gasteiger partial charge in [0.2, 0.25) is 5.91 Å². The minimum absolute atomic E-state index is 0.146. The fraction of sp³-hybridized carbons (Fsp3) is 0.786. The van der Waals surface area contributed by atoms with Gasteiger partial charge in [-0.05, 0) is 25.2 Å². The first-order valence-electron chi connectivity index (χ1n) is 7.31. The van der Waals surface area contributed by atoms with E-state index >= 15 is 0 Å². The lowest BCUT2D eigenvalue weighted by Gasteiger charge is -2.29. The van der Waals surface area contributed by atoms with Crippen LogP contribution in [0.25, 0.3) is 0 Å². The van der Waals surface area contributed by atoms with Crippen molar-refractivity contribution < 1.29 is 19.1 Å². The van der Waals surface area contributed by atoms with Crippen molar-refractivity contribution in [2.75, 3.05) is 6.61 Å². The first-order valence-corrected chi connectivity index (χ1v) is 7.31. The number of carbonyl (C=O) groups excluding carboxylic acids is 3. The molecule has 0 spiro atoms. The zero-order chi connectivity index (χ0) is 14.5. The topological polar surface area (TPSA) is 84.5 Å². The van der Waals surface area contributed by atoms with Crippen LogP contribution in [0, 0.1) is 5.92 Å². The minimum Gasteiger partial charge on any atom is -0.454 e. The summed E-state index contributed by atoms with van der Waals surface area (Å²) in [5.74, 6) is -0.464. The van der Waals surface area contributed by atoms with E-state index < -0.39 is 12.0 Å². The number of ether oxygens (including phenoxy) is 1. The lowest BCUT2D eigenvalue weighted by molar-refractivity contribution is -0.151. The Morgan fingerprint density at radius 1 is 1.30 bits per heavy atom. The van der Waals surface area contributed by atoms with Gasteiger partial charge in [-0.25, -0.2) is 4.79 Å². The zero-order valence-corrected chi connectivity index (χ0v) is 11.8. The van der Waals surface area contributed by atoms with Crippen molar-refractivity contribution in [1.82, 2.24) is 10.6 Å². The van der Waals surface area contributed by atoms with E-state index in [1.807, 2.05) is 0 Å². The maximum Gasteiger partial charge on any atom is 0.329 e. The molecule has 0 radical (unpaired) electrons. The summed E-state index contributed by atoms with van der Waals surface area (Å²) in [6.07, 6.45) is 5.23. The number of amides is 2. The van der Waals surface area contributed by atoms with Gasteiger partial charge < -0.3 is 15.4 Å². The van der Waals surface area contributed by atoms with Crippen molar-refractivity contribution in [2.24, 2.45) is 5.92 Å². The zero-order valence-electron chi connectivity index (χ0n) is 11.8. The monoisotopic (exact) mass is 282 g/mol. The number of rotatable bonds is 4. The molecule has 6 heteroatoms. The molecule has 1 aliphatic heterocycles. The normalized spacial score (nSPS) is 29.6. The van der Waals surface area contributed by atoms with Crippen LogP contribution < -0.4 is 10.6 Å². The van der Waals surface area contributed by atoms with E-state index in [1.54, 1.807) is 0 Å². The second kappa shape index (κ2) is 6.72. The first kappa shape index (κ1) is 14.8. The molecule has 2 N–H and O–H groups in total. The van der Waals surface area contributed by atoms with Crippen LogP contribution in [0.4, 0.5) is 0 Å². The Balaban J connectivity index is 1.69. The van der Waals surface area contributed by atoms with Gasteiger partial charge in [0.1, 0.15) is 6.04 Å². The van der Waals surface area contributed by atoms with Crippen LogP contribution in [0.1, 0.15) is 45.4 Å². The highest BCUT2D eigenvalue weighted by molar-refractivity contribution is 5.89. The largest absolute Gasteiger partial charge is 0.454 e. The van der Waals surface area contributed by atoms with Gasteiger partial charge in [0.05, 0.1) is 0 Å². The Morgan fingerprint density at radius 2 is 2.05 bits per heavy atom. The summed E-state index contributed by atoms with van der Waals surface area (Å²) in [6, 6.07) is -0.412. The molecule has 2 amide bonds. The Kier molecular flexibility index (Phi) is 4.98. The molecule has 1 saturated heterocycles. The van der Waals surface area contributed by atoms with E-state index in [4.69, 9.17) is 4.74 Å². The number of hydrogen-bond donors (Lipinski definition) is 2. The van der Waals surface area contributed by atoms with E-state index in [9.17, 15) is 14.4 Å². The SMILES string of the molecule is C[C@H]1CCCC[C@@H]1NC(=O)COC(=O)[C@@H]1CCC(=O)N1. The van der Waals surface area contributed by atoms with Gasteiger partial charge in [0, 0.05) is 12.5 Å². The predicted octanol–water partition coefficient (Wildman–Crippen LogP) is 0.503. The van der Waals surface area contributed by atoms with Crippen molar-refractivity contribution in [2.45, 2.75) is 57.5 Å². The van der Waals surface area contributed by atoms with Crippen LogP contribution >= 0.6 is 0 Å². The van der Waals surface area contributed by atoms with Crippen LogP contribution in [0.2, 0.25) is 0 Å². The van der Waals surface area contributed by atoms with Gasteiger partial charge >= 0.3 is 5.97 Å². The average Bonchev–Trinajstić information content (AvgIpc) is 2.85. The molecular weight excluding hydrogens is 260 g/mol. The molecule has 1 saturated carbocycles. The summed E-state index contributed by atoms with van der Waals surface area (Å²) >= 11 is 0. The standard InChI is InChI=1S/C14H22N2O4/c1-9-4-2-3-5-10(9)15-13(18)8-20-14(19)11-6-7-12(17)16-11/h9-11H,2-8H2,1H3,(H,15,18)(H,16,17)/t9-,10-,11-/m0/s1. The lowest BCUT2D eigenvalue weighted by atomic mass is 9.86. The Labute approximate surface area is 118 Å². The summed E-state index contributed by atoms with van der Waals surface area (Å²) in [5, 5.41) is 5.44. The van der Waals surface area contributed by atoms with Crippen LogP contribution in [0.5, 0.6) is 0 Å². The van der Waals surface area contributed by atoms with Gasteiger partial charge in [0.15, 0.2) is 6.61 Å². The van der Waals surface area contributed by atoms with E-state index in [0.29, 0.717) is 18.8 Å². The quantitative estimate of drug-likeness (QED) is 0.736. The van der Waals surface area contributed by atoms with Crippen LogP contribution in [-0.2, 0) is 19.1 Å². The van der Waals surface area contributed by atoms with Crippen molar-refractivity contribution >= 4 is 17.8 Å². The number of hydrogen-bond acceptors (Lipinski definition) is 4. The summed E-state index contributed by atoms with van der Waals surface area (Å²) in [7, 11) is 0. The van der Waals surface area contributed by atoms with E-state index in [2.05, 4.69) is 17.6 Å². The number of esters is 1. The molecule has 2 rings (SSSR count). The second-order valence-corrected chi connectivity index (χ2v) is 5.70. The van der Waals surface area contributed by atoms with E-state index in [0.717, 1.165) is 19.3 Å². The average molecular weight is 282 g/mol. The third kappa shape index (κ3) is 3.95. The van der Waals surface area contributed by atoms with Crippen LogP contribution in [-0.4, -0.2) is 36.5 Å². The van der Waals surface area contributed by atoms with Crippen LogP contribution in [0.3, 0.4) is 0 Å². The fourth-order valence-electron chi connectivity index (χ4n) is 2.81. The highest BCUT2D eigenvalue weighted by Gasteiger charge is 2.29. The molecule has 0 aromatic heterocycles. The van der Waals surface area contributed by atoms with E-state index in [1.165, 1.54) is 6.42 Å². The van der Waals surface area contributed by atoms with Gasteiger partial charge in [-0.15, -0.1) is 0 Å². The molecule has 0 aromatic carbocycles. The van der Waals surface area contributed by atoms with Gasteiger partial charge in [-0.2, -0.15) is 0 Å². The van der Waals surface area contributed by atoms with Gasteiger partial charge in [0.25, 0.3) is 5.91 Å². The molecule has 0 unspecified atom stereocenters. The molecule has 0 bridgehead atoms. The highest BCUT2D eigenvalue weighted by Crippen LogP contribution is 2.23. The minimum atomic E-state index is -0.594. The fourth-order valence-corrected chi connectivity index (χ4v) is 2.81. The molecule has 0 aromatic rings. The summed E-state index contributed by atoms with van der Waals surface area (Å²) < 4.78 is 4.95. The second-order valence-electron chi connectivity index (χ2n) is 5.70. The first-order chi connectivity index (χ1) is 9.56. The third-order valence-corrected chi connectivity index (χ3v) is 4.08. The molecule has 20 heavy (non-hydrogen) atoms. The predicted molar refractivity (Wildman–Crippen MR) is 71.7 cm³/mol. The maximum atomic E-state index is 11.8. The van der Waals surface area contributed by atoms with Crippen molar-refractivity contribution in [3.05, 3.63) is 0 Å². The highest BCUT2D eigenvalue weighted by atomic mass is 16.5. The summed E-state index contributed by atoms with van der Waals surface area (Å²) in [5.41, 5.74) is 0. The molecule has 6 nitrogen and oxygen atoms in total. The molecule has 1 aliphatic carbocycles. The Hall–Kier alpha value is -1.59. The summed E-state index contributed by atoms with van der Waals surface area (Å²) in [4.78, 5) is 34.4. The molecular formula is C14H22N2O4. The molecule has 2 aliphatic rings. The van der Waals surface area contributed by atoms with E-state index in [-0.39, 0.29) is 24.5 Å². The molecule has 3 atom stereocenters. The van der Waals surface area contributed by atoms with Crippen molar-refractivity contribution in [3.8, 4) is 0 Å². The van der Waals surface area contributed by atoms with Crippen molar-refractivity contribution in [3.63, 3.8) is 0 Å². The number of nitrogens with one attached hydrogen (secondary N) is 2. The number of carbonyl (C=O) groups is 3. The van der Waals surface area contributed by atoms with Crippen LogP contribution in [0.15, 0.2) is 0 Å². The van der Waals surface area contributed by atoms with Gasteiger partial charge in [-0.3, -0.25) is 9.59 Å². The maximum absolute atomic E-state index is 11.8. The lowest BCUT2D eigenvalue weighted by Crippen LogP contribution is -2.43. The molecule has 2 fully saturated rings. The Bertz CT molecular complexity index is 397. The smallest absolute Gasteiger partial charge is 0.329 e. The molecule has 112 valence electrons. The Morgan fingerprint density at radius 3 is 2.70 bits per heavy atom. The van der Waals surface area contributed by atoms with Gasteiger partial charge in [-0.1, -0.05) is 19.8 Å². The third-order valence-electron chi connectivity index (χ3n) is 4.08. The van der Waals surface area contributed by atoms with Crippen molar-refractivity contribution in [1.29, 1.82) is 0 Å². The summed E-state index contributed by atoms with van der Waals surface area (Å²) in [6.45, 7) is 1.86.